The highest BCUT2D eigenvalue weighted by atomic mass is 127. The summed E-state index contributed by atoms with van der Waals surface area (Å²) in [5.74, 6) is 2.17. The van der Waals surface area contributed by atoms with Crippen molar-refractivity contribution in [3.63, 3.8) is 0 Å². The zero-order chi connectivity index (χ0) is 14.4. The van der Waals surface area contributed by atoms with Crippen LogP contribution in [0.25, 0.3) is 0 Å². The number of nitrogens with one attached hydrogen (secondary N) is 1. The number of thioether (sulfide) groups is 1. The Kier molecular flexibility index (Phi) is 5.90. The second kappa shape index (κ2) is 7.68. The largest absolute Gasteiger partial charge is 0.438 e. The first-order valence-corrected chi connectivity index (χ1v) is 8.62. The molecule has 1 heterocycles. The molecule has 0 atom stereocenters. The van der Waals surface area contributed by atoms with Crippen LogP contribution in [-0.4, -0.2) is 22.8 Å². The molecule has 2 aromatic rings. The molecule has 106 valence electrons. The Morgan fingerprint density at radius 3 is 2.80 bits per heavy atom. The zero-order valence-electron chi connectivity index (χ0n) is 11.4. The van der Waals surface area contributed by atoms with Crippen molar-refractivity contribution in [3.05, 3.63) is 33.9 Å². The van der Waals surface area contributed by atoms with Gasteiger partial charge in [0, 0.05) is 12.6 Å². The average Bonchev–Trinajstić information content (AvgIpc) is 2.47. The summed E-state index contributed by atoms with van der Waals surface area (Å²) in [7, 11) is 0. The molecule has 1 aromatic heterocycles. The fraction of sp³-hybridized carbons (Fsp3) is 0.286. The first-order valence-electron chi connectivity index (χ1n) is 6.32. The Labute approximate surface area is 136 Å². The molecule has 1 aromatic carbocycles. The van der Waals surface area contributed by atoms with Gasteiger partial charge in [0.25, 0.3) is 0 Å². The minimum Gasteiger partial charge on any atom is -0.438 e. The molecule has 1 N–H and O–H groups in total. The normalized spacial score (nSPS) is 10.3. The zero-order valence-corrected chi connectivity index (χ0v) is 14.4. The van der Waals surface area contributed by atoms with Gasteiger partial charge in [-0.05, 0) is 47.4 Å². The SMILES string of the molecule is CCCNc1cc(Oc2ccccc2I)nc(SC)n1. The molecule has 0 fully saturated rings. The summed E-state index contributed by atoms with van der Waals surface area (Å²) in [4.78, 5) is 8.79. The number of halogens is 1. The Morgan fingerprint density at radius 2 is 2.10 bits per heavy atom. The second-order valence-electron chi connectivity index (χ2n) is 4.04. The molecule has 0 aliphatic carbocycles. The van der Waals surface area contributed by atoms with Gasteiger partial charge in [-0.3, -0.25) is 0 Å². The van der Waals surface area contributed by atoms with E-state index in [1.54, 1.807) is 0 Å². The monoisotopic (exact) mass is 401 g/mol. The predicted molar refractivity (Wildman–Crippen MR) is 91.8 cm³/mol. The lowest BCUT2D eigenvalue weighted by Gasteiger charge is -2.10. The van der Waals surface area contributed by atoms with Crippen molar-refractivity contribution in [2.45, 2.75) is 18.5 Å². The molecule has 0 saturated carbocycles. The molecule has 0 spiro atoms. The number of ether oxygens (including phenoxy) is 1. The van der Waals surface area contributed by atoms with E-state index >= 15 is 0 Å². The molecule has 0 bridgehead atoms. The topological polar surface area (TPSA) is 47.0 Å². The summed E-state index contributed by atoms with van der Waals surface area (Å²) in [5, 5.41) is 3.96. The van der Waals surface area contributed by atoms with Crippen molar-refractivity contribution in [3.8, 4) is 11.6 Å². The Bertz CT molecular complexity index is 580. The van der Waals surface area contributed by atoms with E-state index in [1.165, 1.54) is 11.8 Å². The second-order valence-corrected chi connectivity index (χ2v) is 5.97. The fourth-order valence-corrected chi connectivity index (χ4v) is 2.40. The van der Waals surface area contributed by atoms with Gasteiger partial charge in [0.15, 0.2) is 5.16 Å². The Balaban J connectivity index is 2.24. The van der Waals surface area contributed by atoms with Crippen LogP contribution in [0.4, 0.5) is 5.82 Å². The van der Waals surface area contributed by atoms with Crippen molar-refractivity contribution >= 4 is 40.2 Å². The molecule has 0 aliphatic rings. The summed E-state index contributed by atoms with van der Waals surface area (Å²) in [5.41, 5.74) is 0. The van der Waals surface area contributed by atoms with Crippen molar-refractivity contribution in [1.29, 1.82) is 0 Å². The lowest BCUT2D eigenvalue weighted by molar-refractivity contribution is 0.453. The third-order valence-electron chi connectivity index (χ3n) is 2.47. The molecular weight excluding hydrogens is 385 g/mol. The lowest BCUT2D eigenvalue weighted by Crippen LogP contribution is -2.04. The molecule has 0 saturated heterocycles. The van der Waals surface area contributed by atoms with E-state index in [0.29, 0.717) is 11.0 Å². The summed E-state index contributed by atoms with van der Waals surface area (Å²) in [6.45, 7) is 3.00. The number of hydrogen-bond acceptors (Lipinski definition) is 5. The number of rotatable bonds is 6. The molecule has 4 nitrogen and oxygen atoms in total. The minimum atomic E-state index is 0.562. The van der Waals surface area contributed by atoms with E-state index in [0.717, 1.165) is 28.1 Å². The average molecular weight is 401 g/mol. The van der Waals surface area contributed by atoms with E-state index in [1.807, 2.05) is 36.6 Å². The van der Waals surface area contributed by atoms with Crippen LogP contribution in [0.5, 0.6) is 11.6 Å². The number of benzene rings is 1. The van der Waals surface area contributed by atoms with Crippen molar-refractivity contribution < 1.29 is 4.74 Å². The van der Waals surface area contributed by atoms with Crippen molar-refractivity contribution in [1.82, 2.24) is 9.97 Å². The molecule has 2 rings (SSSR count). The maximum absolute atomic E-state index is 5.86. The fourth-order valence-electron chi connectivity index (χ4n) is 1.53. The number of aromatic nitrogens is 2. The number of nitrogens with zero attached hydrogens (tertiary/aromatic N) is 2. The Hall–Kier alpha value is -1.02. The molecule has 0 amide bonds. The molecular formula is C14H16IN3OS. The summed E-state index contributed by atoms with van der Waals surface area (Å²) < 4.78 is 6.91. The van der Waals surface area contributed by atoms with Gasteiger partial charge < -0.3 is 10.1 Å². The van der Waals surface area contributed by atoms with E-state index < -0.39 is 0 Å². The Morgan fingerprint density at radius 1 is 1.30 bits per heavy atom. The smallest absolute Gasteiger partial charge is 0.225 e. The van der Waals surface area contributed by atoms with Crippen LogP contribution < -0.4 is 10.1 Å². The molecule has 6 heteroatoms. The minimum absolute atomic E-state index is 0.562. The van der Waals surface area contributed by atoms with E-state index in [9.17, 15) is 0 Å². The van der Waals surface area contributed by atoms with Crippen LogP contribution in [0.3, 0.4) is 0 Å². The highest BCUT2D eigenvalue weighted by Crippen LogP contribution is 2.27. The summed E-state index contributed by atoms with van der Waals surface area (Å²) in [6, 6.07) is 9.70. The highest BCUT2D eigenvalue weighted by Gasteiger charge is 2.07. The predicted octanol–water partition coefficient (Wildman–Crippen LogP) is 4.42. The van der Waals surface area contributed by atoms with Crippen LogP contribution in [-0.2, 0) is 0 Å². The molecule has 0 aliphatic heterocycles. The van der Waals surface area contributed by atoms with Crippen LogP contribution in [0.15, 0.2) is 35.5 Å². The molecule has 0 unspecified atom stereocenters. The van der Waals surface area contributed by atoms with Gasteiger partial charge in [0.2, 0.25) is 5.88 Å². The first-order chi connectivity index (χ1) is 9.72. The van der Waals surface area contributed by atoms with Gasteiger partial charge in [-0.1, -0.05) is 30.8 Å². The standard InChI is InChI=1S/C14H16IN3OS/c1-3-8-16-12-9-13(18-14(17-12)20-2)19-11-7-5-4-6-10(11)15/h4-7,9H,3,8H2,1-2H3,(H,16,17,18). The van der Waals surface area contributed by atoms with Crippen LogP contribution in [0, 0.1) is 3.57 Å². The maximum Gasteiger partial charge on any atom is 0.225 e. The highest BCUT2D eigenvalue weighted by molar-refractivity contribution is 14.1. The first kappa shape index (κ1) is 15.4. The third kappa shape index (κ3) is 4.24. The van der Waals surface area contributed by atoms with E-state index in [4.69, 9.17) is 4.74 Å². The third-order valence-corrected chi connectivity index (χ3v) is 3.91. The van der Waals surface area contributed by atoms with Gasteiger partial charge in [-0.15, -0.1) is 0 Å². The van der Waals surface area contributed by atoms with Crippen LogP contribution in [0.1, 0.15) is 13.3 Å². The summed E-state index contributed by atoms with van der Waals surface area (Å²) >= 11 is 3.75. The van der Waals surface area contributed by atoms with E-state index in [-0.39, 0.29) is 0 Å². The van der Waals surface area contributed by atoms with Gasteiger partial charge in [-0.25, -0.2) is 4.98 Å². The van der Waals surface area contributed by atoms with Crippen molar-refractivity contribution in [2.75, 3.05) is 18.1 Å². The number of anilines is 1. The quantitative estimate of drug-likeness (QED) is 0.441. The number of para-hydroxylation sites is 1. The van der Waals surface area contributed by atoms with Gasteiger partial charge >= 0.3 is 0 Å². The van der Waals surface area contributed by atoms with Crippen LogP contribution in [0.2, 0.25) is 0 Å². The molecule has 20 heavy (non-hydrogen) atoms. The van der Waals surface area contributed by atoms with Gasteiger partial charge in [-0.2, -0.15) is 4.98 Å². The van der Waals surface area contributed by atoms with Gasteiger partial charge in [0.05, 0.1) is 3.57 Å². The maximum atomic E-state index is 5.86. The summed E-state index contributed by atoms with van der Waals surface area (Å²) in [6.07, 6.45) is 3.00. The van der Waals surface area contributed by atoms with Crippen molar-refractivity contribution in [2.24, 2.45) is 0 Å². The number of hydrogen-bond donors (Lipinski definition) is 1. The molecule has 0 radical (unpaired) electrons. The van der Waals surface area contributed by atoms with Crippen LogP contribution >= 0.6 is 34.4 Å². The lowest BCUT2D eigenvalue weighted by atomic mass is 10.3. The van der Waals surface area contributed by atoms with Gasteiger partial charge in [0.1, 0.15) is 11.6 Å². The van der Waals surface area contributed by atoms with E-state index in [2.05, 4.69) is 44.8 Å².